The Bertz CT molecular complexity index is 1340. The fourth-order valence-electron chi connectivity index (χ4n) is 3.80. The largest absolute Gasteiger partial charge is 0.507 e. The highest BCUT2D eigenvalue weighted by atomic mass is 35.5. The number of anilines is 1. The van der Waals surface area contributed by atoms with Gasteiger partial charge >= 0.3 is 5.97 Å². The number of hydrogen-bond donors (Lipinski definition) is 1. The molecule has 0 saturated carbocycles. The SMILES string of the molecule is CC(C)OC(=O)c1ccc(N2C(=O)C(=O)/C(=C(\O)c3ccc(Cl)c(Cl)c3)C2c2ccncc2)cc1. The molecule has 178 valence electrons. The monoisotopic (exact) mass is 510 g/mol. The van der Waals surface area contributed by atoms with E-state index >= 15 is 0 Å². The third-order valence-electron chi connectivity index (χ3n) is 5.38. The predicted octanol–water partition coefficient (Wildman–Crippen LogP) is 5.58. The first kappa shape index (κ1) is 24.4. The van der Waals surface area contributed by atoms with Crippen LogP contribution in [0.25, 0.3) is 5.76 Å². The first-order valence-corrected chi connectivity index (χ1v) is 11.4. The number of aromatic nitrogens is 1. The number of ether oxygens (including phenoxy) is 1. The van der Waals surface area contributed by atoms with Crippen molar-refractivity contribution in [2.75, 3.05) is 4.90 Å². The summed E-state index contributed by atoms with van der Waals surface area (Å²) >= 11 is 12.1. The van der Waals surface area contributed by atoms with Crippen LogP contribution in [0, 0.1) is 0 Å². The van der Waals surface area contributed by atoms with Gasteiger partial charge in [-0.3, -0.25) is 19.5 Å². The normalized spacial score (nSPS) is 17.2. The Hall–Kier alpha value is -3.68. The van der Waals surface area contributed by atoms with Gasteiger partial charge < -0.3 is 9.84 Å². The summed E-state index contributed by atoms with van der Waals surface area (Å²) in [6, 6.07) is 12.9. The summed E-state index contributed by atoms with van der Waals surface area (Å²) in [5, 5.41) is 11.6. The molecule has 1 N–H and O–H groups in total. The molecule has 35 heavy (non-hydrogen) atoms. The Labute approximate surface area is 211 Å². The number of nitrogens with zero attached hydrogens (tertiary/aromatic N) is 2. The number of benzene rings is 2. The quantitative estimate of drug-likeness (QED) is 0.208. The highest BCUT2D eigenvalue weighted by Gasteiger charge is 2.47. The number of ketones is 1. The zero-order valence-corrected chi connectivity index (χ0v) is 20.2. The number of Topliss-reactive ketones (excluding diaryl/α,β-unsaturated/α-hetero) is 1. The number of hydrogen-bond acceptors (Lipinski definition) is 6. The van der Waals surface area contributed by atoms with E-state index < -0.39 is 23.7 Å². The van der Waals surface area contributed by atoms with Gasteiger partial charge in [-0.15, -0.1) is 0 Å². The molecule has 0 spiro atoms. The van der Waals surface area contributed by atoms with Gasteiger partial charge in [-0.1, -0.05) is 23.2 Å². The van der Waals surface area contributed by atoms with Crippen molar-refractivity contribution in [2.45, 2.75) is 26.0 Å². The number of carbonyl (C=O) groups is 3. The molecule has 1 fully saturated rings. The number of carbonyl (C=O) groups excluding carboxylic acids is 3. The maximum atomic E-state index is 13.2. The maximum absolute atomic E-state index is 13.2. The summed E-state index contributed by atoms with van der Waals surface area (Å²) in [5.41, 5.74) is 1.36. The molecule has 1 aromatic heterocycles. The maximum Gasteiger partial charge on any atom is 0.338 e. The van der Waals surface area contributed by atoms with E-state index in [-0.39, 0.29) is 33.0 Å². The van der Waals surface area contributed by atoms with Crippen LogP contribution in [0.1, 0.15) is 41.4 Å². The van der Waals surface area contributed by atoms with E-state index in [4.69, 9.17) is 27.9 Å². The van der Waals surface area contributed by atoms with Crippen molar-refractivity contribution >= 4 is 52.3 Å². The molecule has 0 radical (unpaired) electrons. The summed E-state index contributed by atoms with van der Waals surface area (Å²) in [7, 11) is 0. The van der Waals surface area contributed by atoms with Crippen LogP contribution in [-0.2, 0) is 14.3 Å². The van der Waals surface area contributed by atoms with Gasteiger partial charge in [0.15, 0.2) is 0 Å². The van der Waals surface area contributed by atoms with E-state index in [1.54, 1.807) is 38.1 Å². The Morgan fingerprint density at radius 3 is 2.20 bits per heavy atom. The lowest BCUT2D eigenvalue weighted by molar-refractivity contribution is -0.132. The standard InChI is InChI=1S/C26H20Cl2N2O5/c1-14(2)35-26(34)16-3-6-18(7-4-16)30-22(15-9-11-29-12-10-15)21(24(32)25(30)33)23(31)17-5-8-19(27)20(28)13-17/h3-14,22,31H,1-2H3/b23-21-. The van der Waals surface area contributed by atoms with Crippen molar-refractivity contribution in [2.24, 2.45) is 0 Å². The highest BCUT2D eigenvalue weighted by molar-refractivity contribution is 6.51. The Morgan fingerprint density at radius 2 is 1.60 bits per heavy atom. The van der Waals surface area contributed by atoms with Gasteiger partial charge in [-0.25, -0.2) is 4.79 Å². The minimum Gasteiger partial charge on any atom is -0.507 e. The second-order valence-corrected chi connectivity index (χ2v) is 8.89. The zero-order chi connectivity index (χ0) is 25.3. The van der Waals surface area contributed by atoms with E-state index in [2.05, 4.69) is 4.98 Å². The van der Waals surface area contributed by atoms with Crippen LogP contribution in [0.15, 0.2) is 72.6 Å². The predicted molar refractivity (Wildman–Crippen MR) is 132 cm³/mol. The molecule has 1 unspecified atom stereocenters. The van der Waals surface area contributed by atoms with Crippen LogP contribution >= 0.6 is 23.2 Å². The minimum absolute atomic E-state index is 0.108. The van der Waals surface area contributed by atoms with Crippen LogP contribution in [0.5, 0.6) is 0 Å². The van der Waals surface area contributed by atoms with Crippen molar-refractivity contribution in [3.05, 3.63) is 99.3 Å². The molecule has 1 atom stereocenters. The smallest absolute Gasteiger partial charge is 0.338 e. The molecule has 2 aromatic carbocycles. The summed E-state index contributed by atoms with van der Waals surface area (Å²) < 4.78 is 5.20. The van der Waals surface area contributed by atoms with Gasteiger partial charge in [0.05, 0.1) is 33.3 Å². The average molecular weight is 511 g/mol. The lowest BCUT2D eigenvalue weighted by Gasteiger charge is -2.25. The van der Waals surface area contributed by atoms with Gasteiger partial charge in [0.1, 0.15) is 5.76 Å². The first-order valence-electron chi connectivity index (χ1n) is 10.7. The number of aliphatic hydroxyl groups is 1. The number of esters is 1. The van der Waals surface area contributed by atoms with E-state index in [1.165, 1.54) is 47.6 Å². The van der Waals surface area contributed by atoms with Crippen molar-refractivity contribution in [3.8, 4) is 0 Å². The molecule has 0 bridgehead atoms. The first-order chi connectivity index (χ1) is 16.7. The lowest BCUT2D eigenvalue weighted by Crippen LogP contribution is -2.29. The third-order valence-corrected chi connectivity index (χ3v) is 6.12. The van der Waals surface area contributed by atoms with Gasteiger partial charge in [-0.05, 0) is 74.0 Å². The summed E-state index contributed by atoms with van der Waals surface area (Å²) in [5.74, 6) is -2.58. The fourth-order valence-corrected chi connectivity index (χ4v) is 4.10. The number of amides is 1. The molecule has 0 aliphatic carbocycles. The minimum atomic E-state index is -0.944. The zero-order valence-electron chi connectivity index (χ0n) is 18.7. The van der Waals surface area contributed by atoms with Crippen LogP contribution in [0.2, 0.25) is 10.0 Å². The number of rotatable bonds is 5. The lowest BCUT2D eigenvalue weighted by atomic mass is 9.95. The summed E-state index contributed by atoms with van der Waals surface area (Å²) in [6.07, 6.45) is 2.77. The van der Waals surface area contributed by atoms with Crippen LogP contribution in [0.3, 0.4) is 0 Å². The van der Waals surface area contributed by atoms with E-state index in [1.807, 2.05) is 0 Å². The number of halogens is 2. The second-order valence-electron chi connectivity index (χ2n) is 8.08. The molecule has 2 heterocycles. The number of pyridine rings is 1. The molecular weight excluding hydrogens is 491 g/mol. The average Bonchev–Trinajstić information content (AvgIpc) is 3.11. The van der Waals surface area contributed by atoms with Gasteiger partial charge in [0.2, 0.25) is 0 Å². The van der Waals surface area contributed by atoms with E-state index in [0.717, 1.165) is 0 Å². The van der Waals surface area contributed by atoms with Gasteiger partial charge in [0, 0.05) is 23.6 Å². The summed E-state index contributed by atoms with van der Waals surface area (Å²) in [6.45, 7) is 3.49. The topological polar surface area (TPSA) is 96.8 Å². The van der Waals surface area contributed by atoms with E-state index in [9.17, 15) is 19.5 Å². The summed E-state index contributed by atoms with van der Waals surface area (Å²) in [4.78, 5) is 43.9. The van der Waals surface area contributed by atoms with Crippen molar-refractivity contribution in [3.63, 3.8) is 0 Å². The molecule has 1 amide bonds. The fraction of sp³-hybridized carbons (Fsp3) is 0.154. The Kier molecular flexibility index (Phi) is 6.91. The molecular formula is C26H20Cl2N2O5. The molecule has 7 nitrogen and oxygen atoms in total. The van der Waals surface area contributed by atoms with E-state index in [0.29, 0.717) is 16.8 Å². The molecule has 9 heteroatoms. The molecule has 4 rings (SSSR count). The number of aliphatic hydroxyl groups excluding tert-OH is 1. The second kappa shape index (κ2) is 9.90. The highest BCUT2D eigenvalue weighted by Crippen LogP contribution is 2.42. The van der Waals surface area contributed by atoms with Gasteiger partial charge in [0.25, 0.3) is 11.7 Å². The van der Waals surface area contributed by atoms with Crippen LogP contribution in [-0.4, -0.2) is 33.9 Å². The Morgan fingerprint density at radius 1 is 0.971 bits per heavy atom. The van der Waals surface area contributed by atoms with Crippen LogP contribution in [0.4, 0.5) is 5.69 Å². The van der Waals surface area contributed by atoms with Crippen LogP contribution < -0.4 is 4.90 Å². The Balaban J connectivity index is 1.83. The third kappa shape index (κ3) is 4.78. The molecule has 1 aliphatic rings. The molecule has 1 saturated heterocycles. The van der Waals surface area contributed by atoms with Crippen molar-refractivity contribution in [1.29, 1.82) is 0 Å². The van der Waals surface area contributed by atoms with Crippen molar-refractivity contribution < 1.29 is 24.2 Å². The molecule has 3 aromatic rings. The molecule has 1 aliphatic heterocycles. The van der Waals surface area contributed by atoms with Gasteiger partial charge in [-0.2, -0.15) is 0 Å². The van der Waals surface area contributed by atoms with Crippen molar-refractivity contribution in [1.82, 2.24) is 4.98 Å².